The summed E-state index contributed by atoms with van der Waals surface area (Å²) in [4.78, 5) is 5.14. The van der Waals surface area contributed by atoms with E-state index in [0.717, 1.165) is 13.2 Å². The number of hydrogen-bond donors (Lipinski definition) is 0. The number of rotatable bonds is 4. The lowest BCUT2D eigenvalue weighted by atomic mass is 9.77. The van der Waals surface area contributed by atoms with Crippen molar-refractivity contribution in [1.82, 2.24) is 9.80 Å². The van der Waals surface area contributed by atoms with Crippen molar-refractivity contribution in [3.8, 4) is 0 Å². The zero-order valence-corrected chi connectivity index (χ0v) is 14.6. The number of aryl methyl sites for hydroxylation is 2. The van der Waals surface area contributed by atoms with Crippen LogP contribution in [-0.4, -0.2) is 56.7 Å². The molecule has 2 atom stereocenters. The Hall–Kier alpha value is -0.900. The Morgan fingerprint density at radius 2 is 1.91 bits per heavy atom. The van der Waals surface area contributed by atoms with Gasteiger partial charge in [0.05, 0.1) is 6.61 Å². The van der Waals surface area contributed by atoms with Crippen molar-refractivity contribution in [3.05, 3.63) is 34.9 Å². The van der Waals surface area contributed by atoms with E-state index in [4.69, 9.17) is 4.74 Å². The molecule has 3 rings (SSSR count). The first-order valence-electron chi connectivity index (χ1n) is 8.48. The van der Waals surface area contributed by atoms with Crippen LogP contribution in [0.25, 0.3) is 0 Å². The van der Waals surface area contributed by atoms with Crippen LogP contribution in [0.4, 0.5) is 0 Å². The minimum Gasteiger partial charge on any atom is -0.384 e. The van der Waals surface area contributed by atoms with Crippen molar-refractivity contribution in [2.45, 2.75) is 26.8 Å². The standard InChI is InChI=1S/C19H30N2O/c1-15-7-16(2)9-17(8-15)10-21-6-5-19(14-21)13-20(3)11-18(19)12-22-4/h7-9,18H,5-6,10-14H2,1-4H3/t18-,19-/m0/s1. The number of ether oxygens (including phenoxy) is 1. The Balaban J connectivity index is 1.69. The van der Waals surface area contributed by atoms with E-state index < -0.39 is 0 Å². The molecule has 22 heavy (non-hydrogen) atoms. The van der Waals surface area contributed by atoms with Gasteiger partial charge in [-0.25, -0.2) is 0 Å². The van der Waals surface area contributed by atoms with Crippen molar-refractivity contribution in [2.75, 3.05) is 46.9 Å². The first-order valence-corrected chi connectivity index (χ1v) is 8.48. The van der Waals surface area contributed by atoms with E-state index in [1.165, 1.54) is 49.3 Å². The van der Waals surface area contributed by atoms with Crippen molar-refractivity contribution in [3.63, 3.8) is 0 Å². The zero-order chi connectivity index (χ0) is 15.7. The van der Waals surface area contributed by atoms with Crippen LogP contribution >= 0.6 is 0 Å². The Kier molecular flexibility index (Phi) is 4.58. The van der Waals surface area contributed by atoms with Crippen molar-refractivity contribution in [1.29, 1.82) is 0 Å². The topological polar surface area (TPSA) is 15.7 Å². The Morgan fingerprint density at radius 1 is 1.18 bits per heavy atom. The van der Waals surface area contributed by atoms with Crippen LogP contribution in [-0.2, 0) is 11.3 Å². The third-order valence-corrected chi connectivity index (χ3v) is 5.50. The van der Waals surface area contributed by atoms with Crippen molar-refractivity contribution >= 4 is 0 Å². The van der Waals surface area contributed by atoms with Gasteiger partial charge in [0.2, 0.25) is 0 Å². The van der Waals surface area contributed by atoms with Gasteiger partial charge >= 0.3 is 0 Å². The molecule has 0 aliphatic carbocycles. The molecule has 0 aromatic heterocycles. The van der Waals surface area contributed by atoms with E-state index >= 15 is 0 Å². The minimum atomic E-state index is 0.448. The summed E-state index contributed by atoms with van der Waals surface area (Å²) in [6, 6.07) is 6.94. The van der Waals surface area contributed by atoms with Crippen LogP contribution in [0.2, 0.25) is 0 Å². The average molecular weight is 302 g/mol. The molecule has 0 N–H and O–H groups in total. The van der Waals surface area contributed by atoms with E-state index in [2.05, 4.69) is 48.9 Å². The highest BCUT2D eigenvalue weighted by atomic mass is 16.5. The van der Waals surface area contributed by atoms with Gasteiger partial charge in [0.25, 0.3) is 0 Å². The molecule has 2 aliphatic heterocycles. The molecule has 0 amide bonds. The van der Waals surface area contributed by atoms with Gasteiger partial charge in [0.1, 0.15) is 0 Å². The third-order valence-electron chi connectivity index (χ3n) is 5.50. The molecule has 0 bridgehead atoms. The molecule has 0 unspecified atom stereocenters. The van der Waals surface area contributed by atoms with Crippen LogP contribution in [0.15, 0.2) is 18.2 Å². The van der Waals surface area contributed by atoms with Gasteiger partial charge in [0, 0.05) is 44.6 Å². The molecular formula is C19H30N2O. The molecule has 1 aromatic carbocycles. The second-order valence-corrected chi connectivity index (χ2v) is 7.67. The summed E-state index contributed by atoms with van der Waals surface area (Å²) in [6.07, 6.45) is 1.32. The highest BCUT2D eigenvalue weighted by Gasteiger charge is 2.49. The quantitative estimate of drug-likeness (QED) is 0.850. The van der Waals surface area contributed by atoms with E-state index in [9.17, 15) is 0 Å². The molecule has 1 aromatic rings. The number of methoxy groups -OCH3 is 1. The minimum absolute atomic E-state index is 0.448. The maximum absolute atomic E-state index is 5.50. The monoisotopic (exact) mass is 302 g/mol. The van der Waals surface area contributed by atoms with Gasteiger partial charge in [-0.05, 0) is 39.4 Å². The first kappa shape index (κ1) is 16.0. The van der Waals surface area contributed by atoms with Gasteiger partial charge in [0.15, 0.2) is 0 Å². The summed E-state index contributed by atoms with van der Waals surface area (Å²) in [5, 5.41) is 0. The second kappa shape index (κ2) is 6.31. The highest BCUT2D eigenvalue weighted by Crippen LogP contribution is 2.43. The van der Waals surface area contributed by atoms with E-state index in [0.29, 0.717) is 11.3 Å². The Labute approximate surface area is 135 Å². The molecule has 1 spiro atoms. The first-order chi connectivity index (χ1) is 10.5. The molecule has 122 valence electrons. The van der Waals surface area contributed by atoms with Gasteiger partial charge in [-0.1, -0.05) is 29.3 Å². The summed E-state index contributed by atoms with van der Waals surface area (Å²) in [5.74, 6) is 0.687. The zero-order valence-electron chi connectivity index (χ0n) is 14.6. The molecule has 2 heterocycles. The van der Waals surface area contributed by atoms with Gasteiger partial charge in [-0.15, -0.1) is 0 Å². The lowest BCUT2D eigenvalue weighted by molar-refractivity contribution is 0.0959. The fourth-order valence-corrected chi connectivity index (χ4v) is 4.73. The lowest BCUT2D eigenvalue weighted by Crippen LogP contribution is -2.36. The van der Waals surface area contributed by atoms with Crippen LogP contribution in [0, 0.1) is 25.2 Å². The summed E-state index contributed by atoms with van der Waals surface area (Å²) in [5.41, 5.74) is 4.66. The summed E-state index contributed by atoms with van der Waals surface area (Å²) >= 11 is 0. The summed E-state index contributed by atoms with van der Waals surface area (Å²) < 4.78 is 5.50. The van der Waals surface area contributed by atoms with Crippen LogP contribution in [0.5, 0.6) is 0 Å². The van der Waals surface area contributed by atoms with Gasteiger partial charge in [-0.3, -0.25) is 4.90 Å². The maximum Gasteiger partial charge on any atom is 0.0509 e. The number of nitrogens with zero attached hydrogens (tertiary/aromatic N) is 2. The average Bonchev–Trinajstić information content (AvgIpc) is 2.94. The molecular weight excluding hydrogens is 272 g/mol. The maximum atomic E-state index is 5.50. The predicted molar refractivity (Wildman–Crippen MR) is 91.1 cm³/mol. The molecule has 2 saturated heterocycles. The fourth-order valence-electron chi connectivity index (χ4n) is 4.73. The number of benzene rings is 1. The lowest BCUT2D eigenvalue weighted by Gasteiger charge is -2.30. The molecule has 2 fully saturated rings. The van der Waals surface area contributed by atoms with E-state index in [1.54, 1.807) is 0 Å². The van der Waals surface area contributed by atoms with Crippen LogP contribution < -0.4 is 0 Å². The molecule has 3 heteroatoms. The highest BCUT2D eigenvalue weighted by molar-refractivity contribution is 5.28. The SMILES string of the molecule is COC[C@@H]1CN(C)C[C@]12CCN(Cc1cc(C)cc(C)c1)C2. The molecule has 0 radical (unpaired) electrons. The summed E-state index contributed by atoms with van der Waals surface area (Å²) in [6.45, 7) is 11.2. The smallest absolute Gasteiger partial charge is 0.0509 e. The van der Waals surface area contributed by atoms with Crippen molar-refractivity contribution in [2.24, 2.45) is 11.3 Å². The normalized spacial score (nSPS) is 29.7. The van der Waals surface area contributed by atoms with E-state index in [1.807, 2.05) is 7.11 Å². The van der Waals surface area contributed by atoms with E-state index in [-0.39, 0.29) is 0 Å². The summed E-state index contributed by atoms with van der Waals surface area (Å²) in [7, 11) is 4.10. The van der Waals surface area contributed by atoms with Gasteiger partial charge in [-0.2, -0.15) is 0 Å². The number of likely N-dealkylation sites (tertiary alicyclic amines) is 2. The van der Waals surface area contributed by atoms with Crippen LogP contribution in [0.1, 0.15) is 23.1 Å². The van der Waals surface area contributed by atoms with Gasteiger partial charge < -0.3 is 9.64 Å². The second-order valence-electron chi connectivity index (χ2n) is 7.67. The third kappa shape index (κ3) is 3.22. The predicted octanol–water partition coefficient (Wildman–Crippen LogP) is 2.70. The Morgan fingerprint density at radius 3 is 2.59 bits per heavy atom. The fraction of sp³-hybridized carbons (Fsp3) is 0.684. The molecule has 0 saturated carbocycles. The number of hydrogen-bond acceptors (Lipinski definition) is 3. The largest absolute Gasteiger partial charge is 0.384 e. The molecule has 3 nitrogen and oxygen atoms in total. The Bertz CT molecular complexity index is 510. The molecule has 2 aliphatic rings. The van der Waals surface area contributed by atoms with Crippen molar-refractivity contribution < 1.29 is 4.74 Å². The van der Waals surface area contributed by atoms with Crippen LogP contribution in [0.3, 0.4) is 0 Å².